The van der Waals surface area contributed by atoms with Crippen LogP contribution < -0.4 is 3.83 Å². The fraction of sp³-hybridized carbons (Fsp3) is 0. The smallest absolute Gasteiger partial charge is 0.190 e. The summed E-state index contributed by atoms with van der Waals surface area (Å²) < 4.78 is 4.69. The van der Waals surface area contributed by atoms with Crippen molar-refractivity contribution < 1.29 is 3.83 Å². The van der Waals surface area contributed by atoms with E-state index in [-0.39, 0.29) is 0 Å². The first-order valence-electron chi connectivity index (χ1n) is 1.75. The minimum Gasteiger partial charge on any atom is -0.407 e. The van der Waals surface area contributed by atoms with E-state index in [2.05, 4.69) is 20.1 Å². The van der Waals surface area contributed by atoms with Crippen LogP contribution in [0.15, 0.2) is 17.5 Å². The van der Waals surface area contributed by atoms with Crippen LogP contribution in [-0.4, -0.2) is 0 Å². The number of thiophene rings is 1. The zero-order valence-electron chi connectivity index (χ0n) is 3.43. The lowest BCUT2D eigenvalue weighted by Gasteiger charge is -1.81. The molecule has 0 aliphatic rings. The molecule has 1 aromatic rings. The second-order valence-electron chi connectivity index (χ2n) is 1.01. The predicted molar refractivity (Wildman–Crippen MR) is 33.9 cm³/mol. The van der Waals surface area contributed by atoms with E-state index in [9.17, 15) is 0 Å². The molecule has 0 unspecified atom stereocenters. The zero-order valence-corrected chi connectivity index (χ0v) is 5.83. The van der Waals surface area contributed by atoms with Gasteiger partial charge in [-0.1, -0.05) is 0 Å². The van der Waals surface area contributed by atoms with Crippen molar-refractivity contribution in [3.05, 3.63) is 17.5 Å². The molecular weight excluding hydrogens is 176 g/mol. The quantitative estimate of drug-likeness (QED) is 0.643. The Balaban J connectivity index is 2.76. The summed E-state index contributed by atoms with van der Waals surface area (Å²) in [4.78, 5) is 0. The van der Waals surface area contributed by atoms with E-state index < -0.39 is 0 Å². The van der Waals surface area contributed by atoms with Crippen LogP contribution in [0.3, 0.4) is 0 Å². The van der Waals surface area contributed by atoms with Crippen molar-refractivity contribution in [2.75, 3.05) is 0 Å². The van der Waals surface area contributed by atoms with E-state index in [1.165, 1.54) is 0 Å². The molecule has 3 heteroatoms. The lowest BCUT2D eigenvalue weighted by atomic mass is 10.7. The fourth-order valence-electron chi connectivity index (χ4n) is 0.307. The standard InChI is InChI=1S/C4H3BrOS/c5-6-4-2-1-3-7-4/h1-3H. The minimum atomic E-state index is 0.889. The molecule has 1 rings (SSSR count). The van der Waals surface area contributed by atoms with Crippen molar-refractivity contribution in [2.24, 2.45) is 0 Å². The Kier molecular flexibility index (Phi) is 1.70. The van der Waals surface area contributed by atoms with E-state index in [1.54, 1.807) is 11.3 Å². The average molecular weight is 179 g/mol. The fourth-order valence-corrected chi connectivity index (χ4v) is 1.13. The first kappa shape index (κ1) is 5.12. The summed E-state index contributed by atoms with van der Waals surface area (Å²) >= 11 is 4.40. The van der Waals surface area contributed by atoms with Gasteiger partial charge in [0.25, 0.3) is 0 Å². The summed E-state index contributed by atoms with van der Waals surface area (Å²) in [6.07, 6.45) is 0. The van der Waals surface area contributed by atoms with Crippen LogP contribution in [0.4, 0.5) is 0 Å². The summed E-state index contributed by atoms with van der Waals surface area (Å²) in [6, 6.07) is 3.82. The van der Waals surface area contributed by atoms with E-state index in [0.29, 0.717) is 0 Å². The second kappa shape index (κ2) is 2.33. The van der Waals surface area contributed by atoms with Gasteiger partial charge in [0.15, 0.2) is 21.3 Å². The lowest BCUT2D eigenvalue weighted by Crippen LogP contribution is -1.58. The van der Waals surface area contributed by atoms with Gasteiger partial charge in [-0.15, -0.1) is 11.3 Å². The predicted octanol–water partition coefficient (Wildman–Crippen LogP) is 2.44. The van der Waals surface area contributed by atoms with Crippen LogP contribution >= 0.6 is 27.6 Å². The summed E-state index contributed by atoms with van der Waals surface area (Å²) in [5.74, 6) is 0. The Labute approximate surface area is 54.4 Å². The minimum absolute atomic E-state index is 0.889. The van der Waals surface area contributed by atoms with Crippen molar-refractivity contribution >= 4 is 27.6 Å². The molecule has 1 aromatic heterocycles. The molecule has 0 saturated carbocycles. The molecule has 7 heavy (non-hydrogen) atoms. The first-order valence-corrected chi connectivity index (χ1v) is 3.28. The summed E-state index contributed by atoms with van der Waals surface area (Å²) in [5.41, 5.74) is 0. The van der Waals surface area contributed by atoms with Crippen LogP contribution in [-0.2, 0) is 0 Å². The highest BCUT2D eigenvalue weighted by Gasteiger charge is 1.85. The Morgan fingerprint density at radius 3 is 2.86 bits per heavy atom. The molecule has 0 aromatic carbocycles. The lowest BCUT2D eigenvalue weighted by molar-refractivity contribution is 0.699. The highest BCUT2D eigenvalue weighted by Crippen LogP contribution is 2.19. The van der Waals surface area contributed by atoms with Crippen molar-refractivity contribution in [1.82, 2.24) is 0 Å². The van der Waals surface area contributed by atoms with E-state index in [1.807, 2.05) is 17.5 Å². The summed E-state index contributed by atoms with van der Waals surface area (Å²) in [7, 11) is 0. The number of halogens is 1. The Bertz CT molecular complexity index is 126. The molecule has 0 bridgehead atoms. The van der Waals surface area contributed by atoms with Gasteiger partial charge in [-0.05, 0) is 17.5 Å². The zero-order chi connectivity index (χ0) is 5.11. The van der Waals surface area contributed by atoms with Crippen LogP contribution in [0, 0.1) is 0 Å². The molecule has 0 fully saturated rings. The molecule has 38 valence electrons. The normalized spacial score (nSPS) is 8.71. The van der Waals surface area contributed by atoms with Gasteiger partial charge in [-0.2, -0.15) is 0 Å². The Morgan fingerprint density at radius 2 is 2.57 bits per heavy atom. The molecule has 0 saturated heterocycles. The van der Waals surface area contributed by atoms with E-state index in [4.69, 9.17) is 0 Å². The molecular formula is C4H3BrOS. The molecule has 0 spiro atoms. The van der Waals surface area contributed by atoms with Gasteiger partial charge < -0.3 is 3.83 Å². The van der Waals surface area contributed by atoms with E-state index >= 15 is 0 Å². The molecule has 0 aliphatic heterocycles. The summed E-state index contributed by atoms with van der Waals surface area (Å²) in [5, 5.41) is 2.84. The number of hydrogen-bond donors (Lipinski definition) is 0. The maximum Gasteiger partial charge on any atom is 0.190 e. The third kappa shape index (κ3) is 1.17. The van der Waals surface area contributed by atoms with Crippen molar-refractivity contribution in [1.29, 1.82) is 0 Å². The van der Waals surface area contributed by atoms with Gasteiger partial charge in [0.1, 0.15) is 0 Å². The maximum atomic E-state index is 4.69. The van der Waals surface area contributed by atoms with Crippen LogP contribution in [0.5, 0.6) is 5.06 Å². The Morgan fingerprint density at radius 1 is 1.71 bits per heavy atom. The van der Waals surface area contributed by atoms with Gasteiger partial charge in [-0.3, -0.25) is 0 Å². The molecule has 0 amide bonds. The molecule has 0 radical (unpaired) electrons. The van der Waals surface area contributed by atoms with Crippen LogP contribution in [0.2, 0.25) is 0 Å². The van der Waals surface area contributed by atoms with Gasteiger partial charge in [-0.25, -0.2) is 0 Å². The van der Waals surface area contributed by atoms with Crippen molar-refractivity contribution in [2.45, 2.75) is 0 Å². The monoisotopic (exact) mass is 178 g/mol. The van der Waals surface area contributed by atoms with Crippen molar-refractivity contribution in [3.63, 3.8) is 0 Å². The van der Waals surface area contributed by atoms with Gasteiger partial charge in [0, 0.05) is 0 Å². The molecule has 0 atom stereocenters. The molecule has 0 N–H and O–H groups in total. The highest BCUT2D eigenvalue weighted by molar-refractivity contribution is 9.06. The summed E-state index contributed by atoms with van der Waals surface area (Å²) in [6.45, 7) is 0. The van der Waals surface area contributed by atoms with Gasteiger partial charge in [0.2, 0.25) is 0 Å². The maximum absolute atomic E-state index is 4.69. The number of hydrogen-bond acceptors (Lipinski definition) is 2. The average Bonchev–Trinajstić information content (AvgIpc) is 2.14. The van der Waals surface area contributed by atoms with Crippen LogP contribution in [0.25, 0.3) is 0 Å². The first-order chi connectivity index (χ1) is 3.43. The van der Waals surface area contributed by atoms with Gasteiger partial charge >= 0.3 is 0 Å². The highest BCUT2D eigenvalue weighted by atomic mass is 79.9. The van der Waals surface area contributed by atoms with Crippen molar-refractivity contribution in [3.8, 4) is 5.06 Å². The molecule has 1 heterocycles. The third-order valence-corrected chi connectivity index (χ3v) is 1.88. The van der Waals surface area contributed by atoms with Crippen LogP contribution in [0.1, 0.15) is 0 Å². The molecule has 0 aliphatic carbocycles. The second-order valence-corrected chi connectivity index (χ2v) is 2.24. The third-order valence-electron chi connectivity index (χ3n) is 0.571. The van der Waals surface area contributed by atoms with E-state index in [0.717, 1.165) is 5.06 Å². The molecule has 1 nitrogen and oxygen atoms in total. The SMILES string of the molecule is BrOc1cccs1. The topological polar surface area (TPSA) is 9.23 Å². The van der Waals surface area contributed by atoms with Gasteiger partial charge in [0.05, 0.1) is 0 Å². The Hall–Kier alpha value is -0.0200. The largest absolute Gasteiger partial charge is 0.407 e. The number of rotatable bonds is 1.